The van der Waals surface area contributed by atoms with Crippen LogP contribution in [0.5, 0.6) is 0 Å². The molecule has 4 rings (SSSR count). The fourth-order valence-electron chi connectivity index (χ4n) is 2.65. The molecule has 1 N–H and O–H groups in total. The first-order valence-electron chi connectivity index (χ1n) is 8.49. The molecule has 7 nitrogen and oxygen atoms in total. The summed E-state index contributed by atoms with van der Waals surface area (Å²) in [6.45, 7) is 0. The Morgan fingerprint density at radius 1 is 1.10 bits per heavy atom. The van der Waals surface area contributed by atoms with Gasteiger partial charge in [0.15, 0.2) is 5.17 Å². The average Bonchev–Trinajstić information content (AvgIpc) is 3.30. The summed E-state index contributed by atoms with van der Waals surface area (Å²) in [6, 6.07) is 14.5. The highest BCUT2D eigenvalue weighted by Crippen LogP contribution is 2.34. The van der Waals surface area contributed by atoms with Crippen molar-refractivity contribution in [2.24, 2.45) is 4.99 Å². The number of amidine groups is 1. The van der Waals surface area contributed by atoms with Crippen molar-refractivity contribution in [3.8, 4) is 11.3 Å². The Morgan fingerprint density at radius 3 is 2.63 bits per heavy atom. The van der Waals surface area contributed by atoms with Crippen LogP contribution in [-0.4, -0.2) is 16.0 Å². The van der Waals surface area contributed by atoms with Crippen LogP contribution in [0.25, 0.3) is 17.4 Å². The van der Waals surface area contributed by atoms with Crippen molar-refractivity contribution in [2.75, 3.05) is 0 Å². The minimum atomic E-state index is -0.522. The highest BCUT2D eigenvalue weighted by atomic mass is 35.5. The number of nitrogens with one attached hydrogen (secondary N) is 1. The third-order valence-corrected chi connectivity index (χ3v) is 5.60. The number of furan rings is 1. The molecule has 0 spiro atoms. The molecule has 10 heteroatoms. The fraction of sp³-hybridized carbons (Fsp3) is 0. The van der Waals surface area contributed by atoms with Crippen molar-refractivity contribution >= 4 is 63.5 Å². The van der Waals surface area contributed by atoms with E-state index in [2.05, 4.69) is 10.3 Å². The van der Waals surface area contributed by atoms with Gasteiger partial charge in [-0.2, -0.15) is 0 Å². The molecule has 2 heterocycles. The Morgan fingerprint density at radius 2 is 1.90 bits per heavy atom. The number of carbonyl (C=O) groups excluding carboxylic acids is 1. The second-order valence-electron chi connectivity index (χ2n) is 6.06. The number of rotatable bonds is 4. The molecule has 0 aliphatic carbocycles. The van der Waals surface area contributed by atoms with E-state index < -0.39 is 4.92 Å². The third-order valence-electron chi connectivity index (χ3n) is 4.05. The summed E-state index contributed by atoms with van der Waals surface area (Å²) in [5.74, 6) is 0.545. The van der Waals surface area contributed by atoms with Crippen LogP contribution >= 0.6 is 35.0 Å². The molecule has 1 aliphatic rings. The molecule has 0 atom stereocenters. The van der Waals surface area contributed by atoms with Gasteiger partial charge in [-0.1, -0.05) is 35.3 Å². The Bertz CT molecular complexity index is 1240. The lowest BCUT2D eigenvalue weighted by molar-refractivity contribution is -0.384. The summed E-state index contributed by atoms with van der Waals surface area (Å²) >= 11 is 13.4. The van der Waals surface area contributed by atoms with Crippen LogP contribution in [0, 0.1) is 10.1 Å². The average molecular weight is 460 g/mol. The summed E-state index contributed by atoms with van der Waals surface area (Å²) in [5.41, 5.74) is 0.953. The lowest BCUT2D eigenvalue weighted by Gasteiger charge is -2.00. The molecule has 1 aliphatic heterocycles. The molecule has 0 radical (unpaired) electrons. The van der Waals surface area contributed by atoms with Crippen LogP contribution in [0.1, 0.15) is 5.76 Å². The van der Waals surface area contributed by atoms with Gasteiger partial charge in [0.25, 0.3) is 11.6 Å². The van der Waals surface area contributed by atoms with Crippen LogP contribution in [-0.2, 0) is 4.79 Å². The lowest BCUT2D eigenvalue weighted by atomic mass is 10.1. The monoisotopic (exact) mass is 459 g/mol. The molecular formula is C20H11Cl2N3O4S. The molecule has 150 valence electrons. The van der Waals surface area contributed by atoms with E-state index in [1.54, 1.807) is 42.5 Å². The lowest BCUT2D eigenvalue weighted by Crippen LogP contribution is -2.19. The Hall–Kier alpha value is -3.07. The van der Waals surface area contributed by atoms with Crippen molar-refractivity contribution in [3.63, 3.8) is 0 Å². The normalized spacial score (nSPS) is 16.3. The molecule has 30 heavy (non-hydrogen) atoms. The second-order valence-corrected chi connectivity index (χ2v) is 7.90. The minimum Gasteiger partial charge on any atom is -0.457 e. The SMILES string of the molecule is O=C1NC(=Nc2ccccc2Cl)S/C1=C/c1ccc(-c2ccc([N+](=O)[O-])cc2Cl)o1. The standard InChI is InChI=1S/C20H11Cl2N3O4S/c21-14-3-1-2-4-16(14)23-20-24-19(26)18(30-20)10-12-6-8-17(29-12)13-7-5-11(25(27)28)9-15(13)22/h1-10H,(H,23,24,26)/b18-10+. The first-order chi connectivity index (χ1) is 14.4. The summed E-state index contributed by atoms with van der Waals surface area (Å²) in [5, 5.41) is 14.6. The summed E-state index contributed by atoms with van der Waals surface area (Å²) in [7, 11) is 0. The number of para-hydroxylation sites is 1. The Balaban J connectivity index is 1.57. The number of hydrogen-bond donors (Lipinski definition) is 1. The number of thioether (sulfide) groups is 1. The molecule has 1 saturated heterocycles. The number of nitrogens with zero attached hydrogens (tertiary/aromatic N) is 2. The van der Waals surface area contributed by atoms with Crippen molar-refractivity contribution in [3.05, 3.63) is 85.4 Å². The number of amides is 1. The number of aliphatic imine (C=N–C) groups is 1. The largest absolute Gasteiger partial charge is 0.457 e. The molecule has 1 aromatic heterocycles. The topological polar surface area (TPSA) is 97.7 Å². The van der Waals surface area contributed by atoms with Crippen molar-refractivity contribution < 1.29 is 14.1 Å². The van der Waals surface area contributed by atoms with Gasteiger partial charge in [0.05, 0.1) is 25.6 Å². The van der Waals surface area contributed by atoms with E-state index in [4.69, 9.17) is 27.6 Å². The molecule has 0 bridgehead atoms. The second kappa shape index (κ2) is 8.35. The van der Waals surface area contributed by atoms with E-state index in [0.717, 1.165) is 11.8 Å². The van der Waals surface area contributed by atoms with Crippen LogP contribution in [0.2, 0.25) is 10.0 Å². The maximum absolute atomic E-state index is 12.3. The van der Waals surface area contributed by atoms with Crippen molar-refractivity contribution in [1.82, 2.24) is 5.32 Å². The van der Waals surface area contributed by atoms with Crippen LogP contribution in [0.15, 0.2) is 68.9 Å². The molecule has 1 fully saturated rings. The zero-order valence-electron chi connectivity index (χ0n) is 15.0. The fourth-order valence-corrected chi connectivity index (χ4v) is 3.91. The number of nitro benzene ring substituents is 1. The van der Waals surface area contributed by atoms with E-state index in [1.165, 1.54) is 18.2 Å². The predicted molar refractivity (Wildman–Crippen MR) is 118 cm³/mol. The van der Waals surface area contributed by atoms with Gasteiger partial charge in [-0.25, -0.2) is 4.99 Å². The van der Waals surface area contributed by atoms with Crippen molar-refractivity contribution in [2.45, 2.75) is 0 Å². The van der Waals surface area contributed by atoms with Gasteiger partial charge in [-0.3, -0.25) is 14.9 Å². The van der Waals surface area contributed by atoms with Gasteiger partial charge in [0, 0.05) is 23.8 Å². The zero-order chi connectivity index (χ0) is 21.3. The highest BCUT2D eigenvalue weighted by Gasteiger charge is 2.24. The Kier molecular flexibility index (Phi) is 5.63. The number of carbonyl (C=O) groups is 1. The minimum absolute atomic E-state index is 0.109. The van der Waals surface area contributed by atoms with Gasteiger partial charge in [0.2, 0.25) is 0 Å². The van der Waals surface area contributed by atoms with E-state index in [9.17, 15) is 14.9 Å². The van der Waals surface area contributed by atoms with Gasteiger partial charge in [-0.15, -0.1) is 0 Å². The molecular weight excluding hydrogens is 449 g/mol. The smallest absolute Gasteiger partial charge is 0.270 e. The number of non-ortho nitro benzene ring substituents is 1. The van der Waals surface area contributed by atoms with Gasteiger partial charge < -0.3 is 9.73 Å². The molecule has 2 aromatic carbocycles. The molecule has 0 unspecified atom stereocenters. The van der Waals surface area contributed by atoms with E-state index in [1.807, 2.05) is 0 Å². The van der Waals surface area contributed by atoms with Gasteiger partial charge >= 0.3 is 0 Å². The number of halogens is 2. The van der Waals surface area contributed by atoms with E-state index in [-0.39, 0.29) is 16.6 Å². The van der Waals surface area contributed by atoms with Crippen LogP contribution in [0.3, 0.4) is 0 Å². The predicted octanol–water partition coefficient (Wildman–Crippen LogP) is 6.05. The van der Waals surface area contributed by atoms with Crippen LogP contribution in [0.4, 0.5) is 11.4 Å². The number of hydrogen-bond acceptors (Lipinski definition) is 6. The van der Waals surface area contributed by atoms with E-state index in [0.29, 0.717) is 37.9 Å². The van der Waals surface area contributed by atoms with Crippen LogP contribution < -0.4 is 5.32 Å². The molecule has 3 aromatic rings. The third kappa shape index (κ3) is 4.25. The summed E-state index contributed by atoms with van der Waals surface area (Å²) in [4.78, 5) is 27.3. The molecule has 1 amide bonds. The Labute approximate surface area is 184 Å². The number of benzene rings is 2. The van der Waals surface area contributed by atoms with Crippen molar-refractivity contribution in [1.29, 1.82) is 0 Å². The summed E-state index contributed by atoms with van der Waals surface area (Å²) < 4.78 is 5.75. The first kappa shape index (κ1) is 20.2. The van der Waals surface area contributed by atoms with Gasteiger partial charge in [-0.05, 0) is 42.1 Å². The summed E-state index contributed by atoms with van der Waals surface area (Å²) in [6.07, 6.45) is 1.58. The van der Waals surface area contributed by atoms with E-state index >= 15 is 0 Å². The quantitative estimate of drug-likeness (QED) is 0.290. The molecule has 0 saturated carbocycles. The first-order valence-corrected chi connectivity index (χ1v) is 10.1. The van der Waals surface area contributed by atoms with Gasteiger partial charge in [0.1, 0.15) is 11.5 Å². The zero-order valence-corrected chi connectivity index (χ0v) is 17.3. The maximum atomic E-state index is 12.3. The highest BCUT2D eigenvalue weighted by molar-refractivity contribution is 8.18. The maximum Gasteiger partial charge on any atom is 0.270 e. The number of nitro groups is 1.